The van der Waals surface area contributed by atoms with Crippen molar-refractivity contribution in [1.29, 1.82) is 0 Å². The van der Waals surface area contributed by atoms with Crippen molar-refractivity contribution in [3.05, 3.63) is 34.3 Å². The van der Waals surface area contributed by atoms with E-state index < -0.39 is 0 Å². The van der Waals surface area contributed by atoms with E-state index in [9.17, 15) is 4.79 Å². The lowest BCUT2D eigenvalue weighted by Gasteiger charge is -2.29. The molecule has 1 aromatic carbocycles. The maximum Gasteiger partial charge on any atom is 0.234 e. The lowest BCUT2D eigenvalue weighted by molar-refractivity contribution is -0.121. The van der Waals surface area contributed by atoms with Crippen molar-refractivity contribution < 1.29 is 4.79 Å². The van der Waals surface area contributed by atoms with Gasteiger partial charge in [0.15, 0.2) is 0 Å². The molecule has 3 N–H and O–H groups in total. The van der Waals surface area contributed by atoms with Gasteiger partial charge in [-0.05, 0) is 24.1 Å². The van der Waals surface area contributed by atoms with Gasteiger partial charge in [0.1, 0.15) is 0 Å². The first-order valence-electron chi connectivity index (χ1n) is 6.17. The van der Waals surface area contributed by atoms with E-state index in [1.54, 1.807) is 0 Å². The van der Waals surface area contributed by atoms with Gasteiger partial charge in [-0.15, -0.1) is 0 Å². The molecule has 1 saturated heterocycles. The van der Waals surface area contributed by atoms with Crippen molar-refractivity contribution in [3.8, 4) is 0 Å². The van der Waals surface area contributed by atoms with E-state index >= 15 is 0 Å². The predicted octanol–water partition coefficient (Wildman–Crippen LogP) is 1.27. The van der Waals surface area contributed by atoms with Gasteiger partial charge in [-0.1, -0.05) is 28.1 Å². The van der Waals surface area contributed by atoms with Crippen molar-refractivity contribution >= 4 is 21.8 Å². The van der Waals surface area contributed by atoms with Crippen LogP contribution in [0.2, 0.25) is 0 Å². The molecule has 1 unspecified atom stereocenters. The number of nitrogens with one attached hydrogen (secondary N) is 1. The fourth-order valence-electron chi connectivity index (χ4n) is 2.28. The zero-order valence-corrected chi connectivity index (χ0v) is 11.8. The predicted molar refractivity (Wildman–Crippen MR) is 75.1 cm³/mol. The number of hydrogen-bond donors (Lipinski definition) is 2. The summed E-state index contributed by atoms with van der Waals surface area (Å²) < 4.78 is 1.05. The summed E-state index contributed by atoms with van der Waals surface area (Å²) in [6, 6.07) is 8.25. The van der Waals surface area contributed by atoms with E-state index in [0.29, 0.717) is 13.1 Å². The Morgan fingerprint density at radius 2 is 2.11 bits per heavy atom. The normalized spacial score (nSPS) is 19.1. The second-order valence-electron chi connectivity index (χ2n) is 4.48. The molecule has 2 rings (SSSR count). The molecule has 0 bridgehead atoms. The van der Waals surface area contributed by atoms with Crippen molar-refractivity contribution in [2.24, 2.45) is 5.73 Å². The Morgan fingerprint density at radius 1 is 1.39 bits per heavy atom. The molecule has 4 nitrogen and oxygen atoms in total. The van der Waals surface area contributed by atoms with Gasteiger partial charge in [0, 0.05) is 30.1 Å². The molecule has 0 aliphatic carbocycles. The lowest BCUT2D eigenvalue weighted by Crippen LogP contribution is -2.38. The van der Waals surface area contributed by atoms with Crippen LogP contribution in [0.1, 0.15) is 18.0 Å². The minimum Gasteiger partial charge on any atom is -0.355 e. The van der Waals surface area contributed by atoms with Crippen LogP contribution in [0.5, 0.6) is 0 Å². The van der Waals surface area contributed by atoms with Crippen molar-refractivity contribution in [3.63, 3.8) is 0 Å². The summed E-state index contributed by atoms with van der Waals surface area (Å²) in [7, 11) is 0. The molecular formula is C13H18BrN3O. The van der Waals surface area contributed by atoms with Gasteiger partial charge in [0.25, 0.3) is 0 Å². The number of carbonyl (C=O) groups is 1. The van der Waals surface area contributed by atoms with Gasteiger partial charge in [0.05, 0.1) is 6.54 Å². The SMILES string of the molecule is NCC(c1ccc(Br)cc1)N1CCCNC(=O)C1. The fraction of sp³-hybridized carbons (Fsp3) is 0.462. The molecule has 18 heavy (non-hydrogen) atoms. The van der Waals surface area contributed by atoms with Crippen molar-refractivity contribution in [2.45, 2.75) is 12.5 Å². The number of hydrogen-bond acceptors (Lipinski definition) is 3. The molecule has 1 aromatic rings. The average Bonchev–Trinajstić information content (AvgIpc) is 2.57. The summed E-state index contributed by atoms with van der Waals surface area (Å²) in [4.78, 5) is 13.8. The van der Waals surface area contributed by atoms with Gasteiger partial charge in [0.2, 0.25) is 5.91 Å². The summed E-state index contributed by atoms with van der Waals surface area (Å²) in [5, 5.41) is 2.89. The molecule has 5 heteroatoms. The summed E-state index contributed by atoms with van der Waals surface area (Å²) in [5.41, 5.74) is 7.05. The molecule has 1 fully saturated rings. The number of rotatable bonds is 3. The molecule has 0 radical (unpaired) electrons. The van der Waals surface area contributed by atoms with E-state index in [1.807, 2.05) is 12.1 Å². The highest BCUT2D eigenvalue weighted by atomic mass is 79.9. The van der Waals surface area contributed by atoms with Gasteiger partial charge >= 0.3 is 0 Å². The number of nitrogens with zero attached hydrogens (tertiary/aromatic N) is 1. The molecule has 1 heterocycles. The highest BCUT2D eigenvalue weighted by Crippen LogP contribution is 2.22. The van der Waals surface area contributed by atoms with Crippen LogP contribution in [0.3, 0.4) is 0 Å². The molecule has 1 aliphatic heterocycles. The summed E-state index contributed by atoms with van der Waals surface area (Å²) >= 11 is 3.43. The minimum absolute atomic E-state index is 0.0862. The van der Waals surface area contributed by atoms with E-state index in [4.69, 9.17) is 5.73 Å². The van der Waals surface area contributed by atoms with Crippen LogP contribution in [-0.2, 0) is 4.79 Å². The van der Waals surface area contributed by atoms with Crippen LogP contribution >= 0.6 is 15.9 Å². The monoisotopic (exact) mass is 311 g/mol. The first kappa shape index (κ1) is 13.5. The smallest absolute Gasteiger partial charge is 0.234 e. The van der Waals surface area contributed by atoms with E-state index in [-0.39, 0.29) is 11.9 Å². The Balaban J connectivity index is 2.16. The maximum absolute atomic E-state index is 11.6. The van der Waals surface area contributed by atoms with Crippen LogP contribution in [0, 0.1) is 0 Å². The Morgan fingerprint density at radius 3 is 2.78 bits per heavy atom. The maximum atomic E-state index is 11.6. The minimum atomic E-state index is 0.0862. The van der Waals surface area contributed by atoms with Crippen LogP contribution in [-0.4, -0.2) is 37.0 Å². The third-order valence-corrected chi connectivity index (χ3v) is 3.74. The van der Waals surface area contributed by atoms with Crippen molar-refractivity contribution in [1.82, 2.24) is 10.2 Å². The van der Waals surface area contributed by atoms with Gasteiger partial charge < -0.3 is 11.1 Å². The van der Waals surface area contributed by atoms with E-state index in [0.717, 1.165) is 29.5 Å². The highest BCUT2D eigenvalue weighted by Gasteiger charge is 2.23. The first-order valence-corrected chi connectivity index (χ1v) is 6.96. The molecule has 0 spiro atoms. The van der Waals surface area contributed by atoms with Gasteiger partial charge in [-0.25, -0.2) is 0 Å². The second-order valence-corrected chi connectivity index (χ2v) is 5.39. The number of halogens is 1. The summed E-state index contributed by atoms with van der Waals surface area (Å²) in [6.07, 6.45) is 0.971. The first-order chi connectivity index (χ1) is 8.70. The van der Waals surface area contributed by atoms with Gasteiger partial charge in [-0.3, -0.25) is 9.69 Å². The highest BCUT2D eigenvalue weighted by molar-refractivity contribution is 9.10. The molecule has 1 amide bonds. The van der Waals surface area contributed by atoms with E-state index in [1.165, 1.54) is 0 Å². The van der Waals surface area contributed by atoms with Crippen LogP contribution in [0.15, 0.2) is 28.7 Å². The Bertz CT molecular complexity index is 407. The number of nitrogens with two attached hydrogens (primary N) is 1. The van der Waals surface area contributed by atoms with Crippen LogP contribution in [0.4, 0.5) is 0 Å². The third kappa shape index (κ3) is 3.31. The summed E-state index contributed by atoms with van der Waals surface area (Å²) in [5.74, 6) is 0.0862. The van der Waals surface area contributed by atoms with Crippen molar-refractivity contribution in [2.75, 3.05) is 26.2 Å². The molecular weight excluding hydrogens is 294 g/mol. The Kier molecular flexibility index (Phi) is 4.74. The number of amides is 1. The lowest BCUT2D eigenvalue weighted by atomic mass is 10.1. The van der Waals surface area contributed by atoms with Crippen LogP contribution < -0.4 is 11.1 Å². The molecule has 1 atom stereocenters. The quantitative estimate of drug-likeness (QED) is 0.884. The zero-order chi connectivity index (χ0) is 13.0. The third-order valence-electron chi connectivity index (χ3n) is 3.21. The number of benzene rings is 1. The molecule has 0 aromatic heterocycles. The average molecular weight is 312 g/mol. The fourth-order valence-corrected chi connectivity index (χ4v) is 2.54. The second kappa shape index (κ2) is 6.31. The largest absolute Gasteiger partial charge is 0.355 e. The molecule has 0 saturated carbocycles. The standard InChI is InChI=1S/C13H18BrN3O/c14-11-4-2-10(3-5-11)12(8-15)17-7-1-6-16-13(18)9-17/h2-5,12H,1,6-9,15H2,(H,16,18). The summed E-state index contributed by atoms with van der Waals surface area (Å²) in [6.45, 7) is 2.61. The molecule has 1 aliphatic rings. The topological polar surface area (TPSA) is 58.4 Å². The number of carbonyl (C=O) groups excluding carboxylic acids is 1. The Hall–Kier alpha value is -0.910. The van der Waals surface area contributed by atoms with E-state index in [2.05, 4.69) is 38.3 Å². The van der Waals surface area contributed by atoms with Crippen LogP contribution in [0.25, 0.3) is 0 Å². The Labute approximate surface area is 116 Å². The zero-order valence-electron chi connectivity index (χ0n) is 10.2. The van der Waals surface area contributed by atoms with Gasteiger partial charge in [-0.2, -0.15) is 0 Å². The molecule has 98 valence electrons.